The van der Waals surface area contributed by atoms with Gasteiger partial charge in [-0.3, -0.25) is 9.59 Å². The van der Waals surface area contributed by atoms with Crippen molar-refractivity contribution in [2.75, 3.05) is 45.8 Å². The van der Waals surface area contributed by atoms with Crippen molar-refractivity contribution >= 4 is 11.8 Å². The molecule has 5 nitrogen and oxygen atoms in total. The van der Waals surface area contributed by atoms with Crippen LogP contribution in [-0.4, -0.2) is 72.3 Å². The van der Waals surface area contributed by atoms with Crippen LogP contribution in [0.1, 0.15) is 39.0 Å². The molecule has 2 saturated heterocycles. The van der Waals surface area contributed by atoms with Crippen LogP contribution in [0.5, 0.6) is 0 Å². The number of carbonyl (C=O) groups is 2. The van der Waals surface area contributed by atoms with Crippen molar-refractivity contribution in [1.82, 2.24) is 14.7 Å². The van der Waals surface area contributed by atoms with Crippen LogP contribution < -0.4 is 0 Å². The molecule has 5 heteroatoms. The summed E-state index contributed by atoms with van der Waals surface area (Å²) in [6.07, 6.45) is 5.85. The third-order valence-electron chi connectivity index (χ3n) is 5.51. The quantitative estimate of drug-likeness (QED) is 0.783. The molecule has 0 bridgehead atoms. The van der Waals surface area contributed by atoms with Gasteiger partial charge in [-0.2, -0.15) is 0 Å². The Balaban J connectivity index is 1.43. The van der Waals surface area contributed by atoms with Crippen LogP contribution in [0.4, 0.5) is 0 Å². The van der Waals surface area contributed by atoms with E-state index in [-0.39, 0.29) is 17.7 Å². The van der Waals surface area contributed by atoms with Crippen molar-refractivity contribution in [3.05, 3.63) is 0 Å². The van der Waals surface area contributed by atoms with E-state index in [9.17, 15) is 9.59 Å². The minimum atomic E-state index is 0.0759. The molecule has 3 rings (SSSR count). The lowest BCUT2D eigenvalue weighted by Crippen LogP contribution is -2.54. The highest BCUT2D eigenvalue weighted by atomic mass is 16.2. The Labute approximate surface area is 133 Å². The predicted molar refractivity (Wildman–Crippen MR) is 85.3 cm³/mol. The summed E-state index contributed by atoms with van der Waals surface area (Å²) in [5, 5.41) is 0. The number of hydrogen-bond donors (Lipinski definition) is 0. The van der Waals surface area contributed by atoms with E-state index >= 15 is 0 Å². The molecule has 124 valence electrons. The van der Waals surface area contributed by atoms with Crippen molar-refractivity contribution in [3.8, 4) is 0 Å². The number of nitrogens with zero attached hydrogens (tertiary/aromatic N) is 3. The van der Waals surface area contributed by atoms with Crippen molar-refractivity contribution in [2.45, 2.75) is 39.0 Å². The van der Waals surface area contributed by atoms with Crippen molar-refractivity contribution < 1.29 is 9.59 Å². The molecule has 2 amide bonds. The van der Waals surface area contributed by atoms with Gasteiger partial charge in [-0.25, -0.2) is 0 Å². The van der Waals surface area contributed by atoms with Gasteiger partial charge in [-0.1, -0.05) is 13.3 Å². The maximum atomic E-state index is 12.6. The molecule has 0 spiro atoms. The second-order valence-corrected chi connectivity index (χ2v) is 7.19. The van der Waals surface area contributed by atoms with Gasteiger partial charge in [0.2, 0.25) is 11.8 Å². The van der Waals surface area contributed by atoms with Gasteiger partial charge in [-0.15, -0.1) is 0 Å². The second kappa shape index (κ2) is 6.99. The van der Waals surface area contributed by atoms with Gasteiger partial charge in [0, 0.05) is 44.6 Å². The van der Waals surface area contributed by atoms with Crippen LogP contribution in [0.3, 0.4) is 0 Å². The Hall–Kier alpha value is -1.10. The Bertz CT molecular complexity index is 408. The first-order valence-electron chi connectivity index (χ1n) is 8.95. The number of amides is 2. The monoisotopic (exact) mass is 307 g/mol. The average Bonchev–Trinajstić information content (AvgIpc) is 2.97. The Morgan fingerprint density at radius 1 is 0.909 bits per heavy atom. The third kappa shape index (κ3) is 3.45. The van der Waals surface area contributed by atoms with E-state index in [1.165, 1.54) is 19.3 Å². The lowest BCUT2D eigenvalue weighted by molar-refractivity contribution is -0.145. The van der Waals surface area contributed by atoms with Crippen LogP contribution in [0.15, 0.2) is 0 Å². The Morgan fingerprint density at radius 2 is 1.50 bits per heavy atom. The molecule has 2 heterocycles. The number of carbonyl (C=O) groups excluding carboxylic acids is 2. The molecule has 22 heavy (non-hydrogen) atoms. The molecule has 0 aromatic carbocycles. The second-order valence-electron chi connectivity index (χ2n) is 7.19. The van der Waals surface area contributed by atoms with Gasteiger partial charge in [0.05, 0.1) is 0 Å². The van der Waals surface area contributed by atoms with E-state index in [1.54, 1.807) is 0 Å². The zero-order valence-corrected chi connectivity index (χ0v) is 13.8. The van der Waals surface area contributed by atoms with Gasteiger partial charge in [0.1, 0.15) is 0 Å². The van der Waals surface area contributed by atoms with Crippen molar-refractivity contribution in [2.24, 2.45) is 11.8 Å². The summed E-state index contributed by atoms with van der Waals surface area (Å²) >= 11 is 0. The molecule has 0 aromatic rings. The number of rotatable bonds is 4. The number of piperazine rings is 1. The fraction of sp³-hybridized carbons (Fsp3) is 0.882. The van der Waals surface area contributed by atoms with Gasteiger partial charge in [0.15, 0.2) is 0 Å². The fourth-order valence-corrected chi connectivity index (χ4v) is 3.80. The lowest BCUT2D eigenvalue weighted by atomic mass is 9.84. The first kappa shape index (κ1) is 15.8. The minimum absolute atomic E-state index is 0.0759. The minimum Gasteiger partial charge on any atom is -0.339 e. The third-order valence-corrected chi connectivity index (χ3v) is 5.51. The highest BCUT2D eigenvalue weighted by Gasteiger charge is 2.33. The summed E-state index contributed by atoms with van der Waals surface area (Å²) in [6.45, 7) is 8.08. The molecular weight excluding hydrogens is 278 g/mol. The van der Waals surface area contributed by atoms with E-state index < -0.39 is 0 Å². The highest BCUT2D eigenvalue weighted by Crippen LogP contribution is 2.28. The van der Waals surface area contributed by atoms with Crippen LogP contribution in [0.2, 0.25) is 0 Å². The summed E-state index contributed by atoms with van der Waals surface area (Å²) < 4.78 is 0. The molecule has 1 aliphatic carbocycles. The van der Waals surface area contributed by atoms with E-state index in [2.05, 4.69) is 4.90 Å². The molecule has 1 atom stereocenters. The number of likely N-dealkylation sites (tertiary alicyclic amines) is 1. The summed E-state index contributed by atoms with van der Waals surface area (Å²) in [5.74, 6) is 0.939. The van der Waals surface area contributed by atoms with Gasteiger partial charge in [0.25, 0.3) is 0 Å². The summed E-state index contributed by atoms with van der Waals surface area (Å²) in [5.41, 5.74) is 0. The van der Waals surface area contributed by atoms with Crippen LogP contribution >= 0.6 is 0 Å². The largest absolute Gasteiger partial charge is 0.339 e. The van der Waals surface area contributed by atoms with E-state index in [4.69, 9.17) is 0 Å². The van der Waals surface area contributed by atoms with Gasteiger partial charge < -0.3 is 14.7 Å². The molecule has 0 unspecified atom stereocenters. The Kier molecular flexibility index (Phi) is 5.01. The van der Waals surface area contributed by atoms with Crippen LogP contribution in [0.25, 0.3) is 0 Å². The van der Waals surface area contributed by atoms with Crippen molar-refractivity contribution in [3.63, 3.8) is 0 Å². The average molecular weight is 307 g/mol. The highest BCUT2D eigenvalue weighted by molar-refractivity contribution is 5.81. The lowest BCUT2D eigenvalue weighted by Gasteiger charge is -2.39. The molecule has 3 aliphatic rings. The standard InChI is InChI=1S/C17H29N3O2/c1-14(13-18-7-2-3-8-18)16(21)19-9-11-20(12-10-19)17(22)15-5-4-6-15/h14-15H,2-13H2,1H3/t14-/m1/s1. The molecule has 0 radical (unpaired) electrons. The summed E-state index contributed by atoms with van der Waals surface area (Å²) in [7, 11) is 0. The molecular formula is C17H29N3O2. The molecule has 0 N–H and O–H groups in total. The normalized spacial score (nSPS) is 25.1. The molecule has 0 aromatic heterocycles. The molecule has 1 saturated carbocycles. The maximum Gasteiger partial charge on any atom is 0.226 e. The molecule has 2 aliphatic heterocycles. The summed E-state index contributed by atoms with van der Waals surface area (Å²) in [6, 6.07) is 0. The van der Waals surface area contributed by atoms with Crippen molar-refractivity contribution in [1.29, 1.82) is 0 Å². The first-order chi connectivity index (χ1) is 10.6. The topological polar surface area (TPSA) is 43.9 Å². The SMILES string of the molecule is C[C@H](CN1CCCC1)C(=O)N1CCN(C(=O)C2CCC2)CC1. The zero-order valence-electron chi connectivity index (χ0n) is 13.8. The van der Waals surface area contributed by atoms with Crippen LogP contribution in [-0.2, 0) is 9.59 Å². The zero-order chi connectivity index (χ0) is 15.5. The van der Waals surface area contributed by atoms with E-state index in [1.807, 2.05) is 16.7 Å². The fourth-order valence-electron chi connectivity index (χ4n) is 3.80. The van der Waals surface area contributed by atoms with Gasteiger partial charge >= 0.3 is 0 Å². The van der Waals surface area contributed by atoms with E-state index in [0.717, 1.165) is 45.6 Å². The smallest absolute Gasteiger partial charge is 0.226 e. The first-order valence-corrected chi connectivity index (χ1v) is 8.95. The van der Waals surface area contributed by atoms with E-state index in [0.29, 0.717) is 19.0 Å². The number of hydrogen-bond acceptors (Lipinski definition) is 3. The van der Waals surface area contributed by atoms with Gasteiger partial charge in [-0.05, 0) is 38.8 Å². The summed E-state index contributed by atoms with van der Waals surface area (Å²) in [4.78, 5) is 31.1. The molecule has 3 fully saturated rings. The maximum absolute atomic E-state index is 12.6. The van der Waals surface area contributed by atoms with Crippen LogP contribution in [0, 0.1) is 11.8 Å². The predicted octanol–water partition coefficient (Wildman–Crippen LogP) is 1.19. The Morgan fingerprint density at radius 3 is 2.05 bits per heavy atom.